The van der Waals surface area contributed by atoms with E-state index in [0.29, 0.717) is 22.9 Å². The topological polar surface area (TPSA) is 124 Å². The third kappa shape index (κ3) is 7.13. The van der Waals surface area contributed by atoms with Crippen molar-refractivity contribution in [3.63, 3.8) is 0 Å². The maximum absolute atomic E-state index is 14.8. The third-order valence-corrected chi connectivity index (χ3v) is 14.3. The van der Waals surface area contributed by atoms with E-state index in [1.807, 2.05) is 44.2 Å². The number of amides is 2. The van der Waals surface area contributed by atoms with Crippen molar-refractivity contribution in [2.75, 3.05) is 5.75 Å². The largest absolute Gasteiger partial charge is 0.330 e. The van der Waals surface area contributed by atoms with E-state index in [2.05, 4.69) is 4.72 Å². The molecule has 0 aromatic heterocycles. The molecule has 1 saturated carbocycles. The molecule has 2 aromatic carbocycles. The molecule has 2 N–H and O–H groups in total. The van der Waals surface area contributed by atoms with Gasteiger partial charge in [0.05, 0.1) is 22.0 Å². The van der Waals surface area contributed by atoms with Crippen molar-refractivity contribution < 1.29 is 22.2 Å². The molecule has 1 aliphatic carbocycles. The Bertz CT molecular complexity index is 1620. The normalized spacial score (nSPS) is 25.5. The van der Waals surface area contributed by atoms with E-state index < -0.39 is 53.2 Å². The molecule has 2 amide bonds. The highest BCUT2D eigenvalue weighted by Gasteiger charge is 2.55. The number of hydrogen-bond donors (Lipinski definition) is 2. The number of hydrogen-bond acceptors (Lipinski definition) is 6. The van der Waals surface area contributed by atoms with Crippen molar-refractivity contribution in [3.05, 3.63) is 69.7 Å². The summed E-state index contributed by atoms with van der Waals surface area (Å²) in [4.78, 5) is 30.0. The second-order valence-electron chi connectivity index (χ2n) is 13.5. The molecule has 8 nitrogen and oxygen atoms in total. The summed E-state index contributed by atoms with van der Waals surface area (Å²) in [7, 11) is -7.01. The Labute approximate surface area is 272 Å². The maximum atomic E-state index is 14.8. The van der Waals surface area contributed by atoms with Crippen LogP contribution in [-0.4, -0.2) is 51.1 Å². The zero-order chi connectivity index (χ0) is 32.8. The van der Waals surface area contributed by atoms with Crippen molar-refractivity contribution in [3.8, 4) is 0 Å². The van der Waals surface area contributed by atoms with Gasteiger partial charge in [0.25, 0.3) is 0 Å². The first-order chi connectivity index (χ1) is 20.3. The van der Waals surface area contributed by atoms with Crippen LogP contribution in [0.2, 0.25) is 10.0 Å². The summed E-state index contributed by atoms with van der Waals surface area (Å²) in [6.07, 6.45) is 0.814. The van der Waals surface area contributed by atoms with Gasteiger partial charge in [-0.05, 0) is 67.5 Å². The van der Waals surface area contributed by atoms with Crippen LogP contribution < -0.4 is 4.72 Å². The minimum atomic E-state index is -3.90. The second-order valence-corrected chi connectivity index (χ2v) is 19.3. The van der Waals surface area contributed by atoms with Crippen LogP contribution in [0.15, 0.2) is 48.5 Å². The summed E-state index contributed by atoms with van der Waals surface area (Å²) in [5, 5.41) is 0.606. The summed E-state index contributed by atoms with van der Waals surface area (Å²) >= 11 is 12.7. The van der Waals surface area contributed by atoms with Crippen LogP contribution in [0.3, 0.4) is 0 Å². The van der Waals surface area contributed by atoms with Crippen LogP contribution in [0.5, 0.6) is 0 Å². The lowest BCUT2D eigenvalue weighted by Crippen LogP contribution is -2.59. The Kier molecular flexibility index (Phi) is 9.92. The van der Waals surface area contributed by atoms with Gasteiger partial charge in [0, 0.05) is 43.4 Å². The van der Waals surface area contributed by atoms with Crippen molar-refractivity contribution in [2.24, 2.45) is 11.3 Å². The standard InChI is InChI=1S/C32H43Cl2N3O5S2/c1-20(2)27(19-43(35,40)21(3)4)37-29(22-10-12-24(33)13-11-22)26(23-8-7-9-25(34)16-23)17-31(5,30(37)39)18-28(38)36-44(41,42)32(6)14-15-32/h7-13,16,20-21,26-27,29,35H,14-15,17-19H2,1-6H3,(H,36,38)/t26-,27-,29-,31-,43?/m1/s1. The third-order valence-electron chi connectivity index (χ3n) is 9.30. The number of benzene rings is 2. The molecular formula is C32H43Cl2N3O5S2. The van der Waals surface area contributed by atoms with Crippen LogP contribution in [0.1, 0.15) is 90.3 Å². The predicted octanol–water partition coefficient (Wildman–Crippen LogP) is 6.93. The van der Waals surface area contributed by atoms with E-state index in [1.54, 1.807) is 50.8 Å². The van der Waals surface area contributed by atoms with Crippen molar-refractivity contribution in [1.29, 1.82) is 4.78 Å². The van der Waals surface area contributed by atoms with Gasteiger partial charge in [0.1, 0.15) is 0 Å². The number of halogens is 2. The number of nitrogens with one attached hydrogen (secondary N) is 2. The van der Waals surface area contributed by atoms with E-state index >= 15 is 0 Å². The molecule has 44 heavy (non-hydrogen) atoms. The molecule has 1 unspecified atom stereocenters. The molecule has 2 aromatic rings. The molecule has 12 heteroatoms. The molecule has 1 aliphatic heterocycles. The zero-order valence-electron chi connectivity index (χ0n) is 26.1. The smallest absolute Gasteiger partial charge is 0.240 e. The number of likely N-dealkylation sites (tertiary alicyclic amines) is 1. The van der Waals surface area contributed by atoms with E-state index in [4.69, 9.17) is 28.0 Å². The lowest BCUT2D eigenvalue weighted by Gasteiger charge is -2.53. The highest BCUT2D eigenvalue weighted by Crippen LogP contribution is 2.53. The number of sulfonamides is 1. The highest BCUT2D eigenvalue weighted by molar-refractivity contribution is 7.93. The van der Waals surface area contributed by atoms with E-state index in [0.717, 1.165) is 11.1 Å². The van der Waals surface area contributed by atoms with Gasteiger partial charge in [0.2, 0.25) is 21.8 Å². The average molecular weight is 685 g/mol. The van der Waals surface area contributed by atoms with Crippen molar-refractivity contribution >= 4 is 54.8 Å². The van der Waals surface area contributed by atoms with Crippen LogP contribution >= 0.6 is 23.2 Å². The fraction of sp³-hybridized carbons (Fsp3) is 0.562. The van der Waals surface area contributed by atoms with Gasteiger partial charge in [-0.3, -0.25) is 19.1 Å². The van der Waals surface area contributed by atoms with Gasteiger partial charge in [0.15, 0.2) is 0 Å². The second kappa shape index (κ2) is 12.6. The van der Waals surface area contributed by atoms with Crippen LogP contribution in [-0.2, 0) is 29.3 Å². The Morgan fingerprint density at radius 2 is 1.61 bits per heavy atom. The summed E-state index contributed by atoms with van der Waals surface area (Å²) in [6.45, 7) is 10.6. The lowest BCUT2D eigenvalue weighted by atomic mass is 9.66. The highest BCUT2D eigenvalue weighted by atomic mass is 35.5. The molecule has 1 saturated heterocycles. The minimum absolute atomic E-state index is 0.0462. The van der Waals surface area contributed by atoms with Gasteiger partial charge in [-0.15, -0.1) is 0 Å². The summed E-state index contributed by atoms with van der Waals surface area (Å²) in [5.74, 6) is -1.69. The lowest BCUT2D eigenvalue weighted by molar-refractivity contribution is -0.157. The van der Waals surface area contributed by atoms with Gasteiger partial charge >= 0.3 is 0 Å². The van der Waals surface area contributed by atoms with Crippen LogP contribution in [0.25, 0.3) is 0 Å². The predicted molar refractivity (Wildman–Crippen MR) is 177 cm³/mol. The summed E-state index contributed by atoms with van der Waals surface area (Å²) in [6, 6.07) is 13.4. The fourth-order valence-corrected chi connectivity index (χ4v) is 9.08. The molecule has 4 rings (SSSR count). The van der Waals surface area contributed by atoms with E-state index in [1.165, 1.54) is 0 Å². The number of rotatable bonds is 11. The molecule has 2 aliphatic rings. The SMILES string of the molecule is CC(C)[C@@H](CS(=N)(=O)C(C)C)N1C(=O)[C@@](C)(CC(=O)NS(=O)(=O)C2(C)CC2)C[C@H](c2cccc(Cl)c2)[C@H]1c1ccc(Cl)cc1. The van der Waals surface area contributed by atoms with E-state index in [-0.39, 0.29) is 36.3 Å². The molecule has 0 bridgehead atoms. The van der Waals surface area contributed by atoms with Crippen LogP contribution in [0.4, 0.5) is 0 Å². The monoisotopic (exact) mass is 683 g/mol. The number of carbonyl (C=O) groups excluding carboxylic acids is 2. The Balaban J connectivity index is 1.88. The number of carbonyl (C=O) groups is 2. The van der Waals surface area contributed by atoms with Gasteiger partial charge < -0.3 is 4.90 Å². The first kappa shape index (κ1) is 34.7. The minimum Gasteiger partial charge on any atom is -0.330 e. The molecule has 1 heterocycles. The fourth-order valence-electron chi connectivity index (χ4n) is 6.06. The average Bonchev–Trinajstić information content (AvgIpc) is 3.68. The zero-order valence-corrected chi connectivity index (χ0v) is 29.2. The Morgan fingerprint density at radius 1 is 1.00 bits per heavy atom. The van der Waals surface area contributed by atoms with Gasteiger partial charge in [-0.25, -0.2) is 12.6 Å². The van der Waals surface area contributed by atoms with Gasteiger partial charge in [-0.2, -0.15) is 0 Å². The van der Waals surface area contributed by atoms with Crippen molar-refractivity contribution in [1.82, 2.24) is 9.62 Å². The summed E-state index contributed by atoms with van der Waals surface area (Å²) < 4.78 is 49.4. The first-order valence-electron chi connectivity index (χ1n) is 14.9. The Morgan fingerprint density at radius 3 is 2.14 bits per heavy atom. The summed E-state index contributed by atoms with van der Waals surface area (Å²) in [5.41, 5.74) is 0.334. The molecule has 242 valence electrons. The van der Waals surface area contributed by atoms with Crippen molar-refractivity contribution in [2.45, 2.75) is 95.2 Å². The molecule has 0 spiro atoms. The number of piperidine rings is 1. The maximum Gasteiger partial charge on any atom is 0.240 e. The Hall–Kier alpha value is -2.14. The quantitative estimate of drug-likeness (QED) is 0.266. The van der Waals surface area contributed by atoms with Crippen LogP contribution in [0, 0.1) is 16.1 Å². The van der Waals surface area contributed by atoms with Gasteiger partial charge in [-0.1, -0.05) is 82.1 Å². The molecule has 2 fully saturated rings. The van der Waals surface area contributed by atoms with E-state index in [9.17, 15) is 22.2 Å². The molecule has 0 radical (unpaired) electrons. The molecular weight excluding hydrogens is 641 g/mol. The number of nitrogens with zero attached hydrogens (tertiary/aromatic N) is 1. The molecule has 5 atom stereocenters. The first-order valence-corrected chi connectivity index (χ1v) is 19.0.